The summed E-state index contributed by atoms with van der Waals surface area (Å²) in [5.74, 6) is -0.193. The summed E-state index contributed by atoms with van der Waals surface area (Å²) in [5.41, 5.74) is 5.72. The van der Waals surface area contributed by atoms with Gasteiger partial charge in [-0.25, -0.2) is 5.43 Å². The lowest BCUT2D eigenvalue weighted by Crippen LogP contribution is -2.19. The van der Waals surface area contributed by atoms with Crippen molar-refractivity contribution < 1.29 is 4.79 Å². The molecule has 126 valence electrons. The predicted octanol–water partition coefficient (Wildman–Crippen LogP) is 4.08. The average molecular weight is 373 g/mol. The molecule has 0 saturated heterocycles. The molecule has 25 heavy (non-hydrogen) atoms. The van der Waals surface area contributed by atoms with E-state index in [1.165, 1.54) is 6.21 Å². The monoisotopic (exact) mass is 372 g/mol. The third-order valence-corrected chi connectivity index (χ3v) is 4.22. The first-order valence-corrected chi connectivity index (χ1v) is 8.23. The number of hydrogen-bond donors (Lipinski definition) is 2. The minimum absolute atomic E-state index is 0.193. The molecule has 2 N–H and O–H groups in total. The second-order valence-corrected chi connectivity index (χ2v) is 6.10. The van der Waals surface area contributed by atoms with Gasteiger partial charge in [-0.15, -0.1) is 0 Å². The highest BCUT2D eigenvalue weighted by molar-refractivity contribution is 6.42. The minimum Gasteiger partial charge on any atom is -0.277 e. The van der Waals surface area contributed by atoms with Gasteiger partial charge in [-0.3, -0.25) is 9.89 Å². The second kappa shape index (κ2) is 7.96. The van der Waals surface area contributed by atoms with E-state index in [0.29, 0.717) is 10.0 Å². The Kier molecular flexibility index (Phi) is 5.48. The Bertz CT molecular complexity index is 906. The van der Waals surface area contributed by atoms with Gasteiger partial charge in [0.15, 0.2) is 0 Å². The number of benzene rings is 2. The molecule has 1 aromatic heterocycles. The van der Waals surface area contributed by atoms with E-state index in [4.69, 9.17) is 23.2 Å². The van der Waals surface area contributed by atoms with Gasteiger partial charge in [-0.1, -0.05) is 59.6 Å². The van der Waals surface area contributed by atoms with Crippen LogP contribution in [0.25, 0.3) is 11.3 Å². The molecule has 0 atom stereocenters. The van der Waals surface area contributed by atoms with Gasteiger partial charge >= 0.3 is 0 Å². The van der Waals surface area contributed by atoms with Gasteiger partial charge in [0.1, 0.15) is 0 Å². The molecule has 0 radical (unpaired) electrons. The first-order valence-electron chi connectivity index (χ1n) is 7.48. The quantitative estimate of drug-likeness (QED) is 0.523. The number of carbonyl (C=O) groups excluding carboxylic acids is 1. The zero-order valence-corrected chi connectivity index (χ0v) is 14.6. The third kappa shape index (κ3) is 4.47. The number of nitrogens with one attached hydrogen (secondary N) is 2. The summed E-state index contributed by atoms with van der Waals surface area (Å²) >= 11 is 12.0. The molecule has 0 aliphatic carbocycles. The number of aromatic amines is 1. The summed E-state index contributed by atoms with van der Waals surface area (Å²) in [6, 6.07) is 14.7. The number of amides is 1. The standard InChI is InChI=1S/C18H14Cl2N4O/c19-15-7-6-13(9-16(15)20)18-14(11-22-24-18)10-21-23-17(25)8-12-4-2-1-3-5-12/h1-7,9-11H,8H2,(H,22,24)(H,23,25). The normalized spacial score (nSPS) is 11.0. The maximum atomic E-state index is 11.9. The first-order chi connectivity index (χ1) is 12.1. The Morgan fingerprint density at radius 3 is 2.72 bits per heavy atom. The summed E-state index contributed by atoms with van der Waals surface area (Å²) in [6.07, 6.45) is 3.41. The smallest absolute Gasteiger partial charge is 0.244 e. The molecular formula is C18H14Cl2N4O. The summed E-state index contributed by atoms with van der Waals surface area (Å²) < 4.78 is 0. The van der Waals surface area contributed by atoms with Crippen molar-refractivity contribution in [3.63, 3.8) is 0 Å². The van der Waals surface area contributed by atoms with Crippen molar-refractivity contribution >= 4 is 35.3 Å². The highest BCUT2D eigenvalue weighted by atomic mass is 35.5. The number of rotatable bonds is 5. The number of nitrogens with zero attached hydrogens (tertiary/aromatic N) is 2. The van der Waals surface area contributed by atoms with Gasteiger partial charge < -0.3 is 0 Å². The lowest BCUT2D eigenvalue weighted by Gasteiger charge is -2.02. The lowest BCUT2D eigenvalue weighted by molar-refractivity contribution is -0.120. The van der Waals surface area contributed by atoms with E-state index in [0.717, 1.165) is 22.4 Å². The second-order valence-electron chi connectivity index (χ2n) is 5.28. The Morgan fingerprint density at radius 1 is 1.16 bits per heavy atom. The average Bonchev–Trinajstić information content (AvgIpc) is 3.07. The minimum atomic E-state index is -0.193. The van der Waals surface area contributed by atoms with Gasteiger partial charge in [0, 0.05) is 11.1 Å². The van der Waals surface area contributed by atoms with Crippen LogP contribution in [0.4, 0.5) is 0 Å². The van der Waals surface area contributed by atoms with E-state index in [1.54, 1.807) is 18.3 Å². The number of hydrazone groups is 1. The summed E-state index contributed by atoms with van der Waals surface area (Å²) in [4.78, 5) is 11.9. The SMILES string of the molecule is O=C(Cc1ccccc1)NN=Cc1cn[nH]c1-c1ccc(Cl)c(Cl)c1. The third-order valence-electron chi connectivity index (χ3n) is 3.48. The fourth-order valence-corrected chi connectivity index (χ4v) is 2.57. The van der Waals surface area contributed by atoms with Gasteiger partial charge in [-0.2, -0.15) is 10.2 Å². The largest absolute Gasteiger partial charge is 0.277 e. The molecule has 3 aromatic rings. The molecule has 0 bridgehead atoms. The van der Waals surface area contributed by atoms with E-state index in [1.807, 2.05) is 36.4 Å². The molecule has 2 aromatic carbocycles. The van der Waals surface area contributed by atoms with Crippen LogP contribution in [0, 0.1) is 0 Å². The van der Waals surface area contributed by atoms with Crippen molar-refractivity contribution in [1.82, 2.24) is 15.6 Å². The molecule has 0 unspecified atom stereocenters. The van der Waals surface area contributed by atoms with Crippen LogP contribution in [0.5, 0.6) is 0 Å². The molecule has 0 spiro atoms. The molecule has 0 aliphatic heterocycles. The maximum absolute atomic E-state index is 11.9. The van der Waals surface area contributed by atoms with Crippen LogP contribution in [0.1, 0.15) is 11.1 Å². The van der Waals surface area contributed by atoms with Crippen LogP contribution >= 0.6 is 23.2 Å². The fourth-order valence-electron chi connectivity index (χ4n) is 2.27. The number of halogens is 2. The van der Waals surface area contributed by atoms with Crippen molar-refractivity contribution in [3.05, 3.63) is 75.9 Å². The summed E-state index contributed by atoms with van der Waals surface area (Å²) in [5, 5.41) is 11.8. The Balaban J connectivity index is 1.67. The lowest BCUT2D eigenvalue weighted by atomic mass is 10.1. The van der Waals surface area contributed by atoms with E-state index in [9.17, 15) is 4.79 Å². The van der Waals surface area contributed by atoms with Crippen LogP contribution in [0.2, 0.25) is 10.0 Å². The van der Waals surface area contributed by atoms with Crippen molar-refractivity contribution in [2.24, 2.45) is 5.10 Å². The van der Waals surface area contributed by atoms with Crippen molar-refractivity contribution in [2.75, 3.05) is 0 Å². The van der Waals surface area contributed by atoms with Gasteiger partial charge in [0.25, 0.3) is 0 Å². The zero-order chi connectivity index (χ0) is 17.6. The summed E-state index contributed by atoms with van der Waals surface area (Å²) in [7, 11) is 0. The fraction of sp³-hybridized carbons (Fsp3) is 0.0556. The Hall–Kier alpha value is -2.63. The van der Waals surface area contributed by atoms with E-state index < -0.39 is 0 Å². The van der Waals surface area contributed by atoms with Crippen LogP contribution in [0.15, 0.2) is 59.8 Å². The number of carbonyl (C=O) groups is 1. The van der Waals surface area contributed by atoms with Crippen molar-refractivity contribution in [2.45, 2.75) is 6.42 Å². The highest BCUT2D eigenvalue weighted by Gasteiger charge is 2.08. The Labute approximate surface area is 154 Å². The molecule has 0 aliphatic rings. The molecule has 0 saturated carbocycles. The van der Waals surface area contributed by atoms with Gasteiger partial charge in [-0.05, 0) is 17.7 Å². The van der Waals surface area contributed by atoms with Crippen molar-refractivity contribution in [3.8, 4) is 11.3 Å². The van der Waals surface area contributed by atoms with Gasteiger partial charge in [0.05, 0.1) is 34.6 Å². The predicted molar refractivity (Wildman–Crippen MR) is 99.9 cm³/mol. The van der Waals surface area contributed by atoms with E-state index >= 15 is 0 Å². The first kappa shape index (κ1) is 17.2. The molecule has 3 rings (SSSR count). The summed E-state index contributed by atoms with van der Waals surface area (Å²) in [6.45, 7) is 0. The maximum Gasteiger partial charge on any atom is 0.244 e. The number of hydrogen-bond acceptors (Lipinski definition) is 3. The van der Waals surface area contributed by atoms with Crippen molar-refractivity contribution in [1.29, 1.82) is 0 Å². The van der Waals surface area contributed by atoms with Crippen LogP contribution in [-0.2, 0) is 11.2 Å². The molecule has 0 fully saturated rings. The highest BCUT2D eigenvalue weighted by Crippen LogP contribution is 2.28. The van der Waals surface area contributed by atoms with E-state index in [-0.39, 0.29) is 12.3 Å². The molecule has 5 nitrogen and oxygen atoms in total. The number of aromatic nitrogens is 2. The van der Waals surface area contributed by atoms with E-state index in [2.05, 4.69) is 20.7 Å². The number of H-pyrrole nitrogens is 1. The Morgan fingerprint density at radius 2 is 1.96 bits per heavy atom. The zero-order valence-electron chi connectivity index (χ0n) is 13.0. The van der Waals surface area contributed by atoms with Crippen LogP contribution < -0.4 is 5.43 Å². The van der Waals surface area contributed by atoms with Crippen LogP contribution in [0.3, 0.4) is 0 Å². The topological polar surface area (TPSA) is 70.1 Å². The molecule has 1 amide bonds. The molecule has 1 heterocycles. The van der Waals surface area contributed by atoms with Gasteiger partial charge in [0.2, 0.25) is 5.91 Å². The molecule has 7 heteroatoms. The van der Waals surface area contributed by atoms with Crippen LogP contribution in [-0.4, -0.2) is 22.3 Å². The molecular weight excluding hydrogens is 359 g/mol.